The van der Waals surface area contributed by atoms with Crippen LogP contribution in [0.25, 0.3) is 10.8 Å². The number of nitrogens with zero attached hydrogens (tertiary/aromatic N) is 3. The predicted octanol–water partition coefficient (Wildman–Crippen LogP) is 3.91. The molecule has 2 amide bonds. The third-order valence-electron chi connectivity index (χ3n) is 4.92. The number of piperidine rings is 1. The van der Waals surface area contributed by atoms with Crippen LogP contribution in [0.15, 0.2) is 40.3 Å². The quantitative estimate of drug-likeness (QED) is 0.705. The maximum Gasteiger partial charge on any atom is 0.273 e. The molecule has 1 fully saturated rings. The molecule has 4 heterocycles. The Morgan fingerprint density at radius 1 is 1.24 bits per heavy atom. The predicted molar refractivity (Wildman–Crippen MR) is 111 cm³/mol. The van der Waals surface area contributed by atoms with E-state index < -0.39 is 0 Å². The fourth-order valence-electron chi connectivity index (χ4n) is 3.34. The van der Waals surface area contributed by atoms with E-state index in [1.807, 2.05) is 32.0 Å². The molecule has 8 heteroatoms. The second-order valence-corrected chi connectivity index (χ2v) is 8.11. The molecule has 1 saturated heterocycles. The maximum atomic E-state index is 12.9. The van der Waals surface area contributed by atoms with Crippen LogP contribution in [0.1, 0.15) is 34.7 Å². The minimum absolute atomic E-state index is 0.108. The minimum Gasteiger partial charge on any atom is -0.459 e. The number of aromatic nitrogens is 2. The molecule has 3 aromatic heterocycles. The van der Waals surface area contributed by atoms with E-state index in [0.29, 0.717) is 35.4 Å². The van der Waals surface area contributed by atoms with Gasteiger partial charge in [0.05, 0.1) is 5.92 Å². The zero-order chi connectivity index (χ0) is 20.4. The average molecular weight is 410 g/mol. The molecule has 7 nitrogen and oxygen atoms in total. The summed E-state index contributed by atoms with van der Waals surface area (Å²) in [5, 5.41) is 5.28. The van der Waals surface area contributed by atoms with Gasteiger partial charge in [0, 0.05) is 24.7 Å². The van der Waals surface area contributed by atoms with Crippen molar-refractivity contribution in [3.05, 3.63) is 52.9 Å². The van der Waals surface area contributed by atoms with Crippen molar-refractivity contribution in [2.45, 2.75) is 26.7 Å². The zero-order valence-electron chi connectivity index (χ0n) is 16.3. The number of anilines is 1. The first-order valence-electron chi connectivity index (χ1n) is 9.55. The number of thiazole rings is 1. The summed E-state index contributed by atoms with van der Waals surface area (Å²) in [6.45, 7) is 4.82. The molecule has 0 spiro atoms. The summed E-state index contributed by atoms with van der Waals surface area (Å²) in [7, 11) is 0. The molecule has 1 aliphatic heterocycles. The molecule has 1 aliphatic rings. The van der Waals surface area contributed by atoms with Gasteiger partial charge in [-0.1, -0.05) is 6.07 Å². The molecular weight excluding hydrogens is 388 g/mol. The Kier molecular flexibility index (Phi) is 5.44. The molecule has 1 atom stereocenters. The van der Waals surface area contributed by atoms with Crippen molar-refractivity contribution >= 4 is 29.0 Å². The number of amides is 2. The molecule has 0 aliphatic carbocycles. The van der Waals surface area contributed by atoms with E-state index in [1.165, 1.54) is 11.3 Å². The Hall–Kier alpha value is -3.00. The molecular formula is C21H22N4O3S. The van der Waals surface area contributed by atoms with Gasteiger partial charge in [0.2, 0.25) is 5.91 Å². The van der Waals surface area contributed by atoms with E-state index in [9.17, 15) is 9.59 Å². The summed E-state index contributed by atoms with van der Waals surface area (Å²) in [5.74, 6) is 1.47. The van der Waals surface area contributed by atoms with Crippen molar-refractivity contribution in [3.8, 4) is 10.8 Å². The standard InChI is InChI=1S/C21H22N4O3S/c1-13-5-8-18(22-10-13)24-19(26)15-4-3-9-25(11-15)21(27)16-12-29-20(23-16)17-7-6-14(2)28-17/h5-8,10,12,15H,3-4,9,11H2,1-2H3,(H,22,24,26). The van der Waals surface area contributed by atoms with Crippen molar-refractivity contribution in [2.24, 2.45) is 5.92 Å². The number of aryl methyl sites for hydroxylation is 2. The van der Waals surface area contributed by atoms with Crippen LogP contribution in [0.4, 0.5) is 5.82 Å². The van der Waals surface area contributed by atoms with Crippen molar-refractivity contribution < 1.29 is 14.0 Å². The monoisotopic (exact) mass is 410 g/mol. The fraction of sp³-hybridized carbons (Fsp3) is 0.333. The van der Waals surface area contributed by atoms with E-state index >= 15 is 0 Å². The molecule has 0 saturated carbocycles. The lowest BCUT2D eigenvalue weighted by Gasteiger charge is -2.31. The largest absolute Gasteiger partial charge is 0.459 e. The van der Waals surface area contributed by atoms with E-state index in [4.69, 9.17) is 4.42 Å². The van der Waals surface area contributed by atoms with Crippen LogP contribution >= 0.6 is 11.3 Å². The van der Waals surface area contributed by atoms with Crippen LogP contribution in [0, 0.1) is 19.8 Å². The number of hydrogen-bond donors (Lipinski definition) is 1. The summed E-state index contributed by atoms with van der Waals surface area (Å²) in [4.78, 5) is 35.9. The highest BCUT2D eigenvalue weighted by Crippen LogP contribution is 2.27. The molecule has 0 radical (unpaired) electrons. The summed E-state index contributed by atoms with van der Waals surface area (Å²) >= 11 is 1.38. The van der Waals surface area contributed by atoms with Gasteiger partial charge in [-0.05, 0) is 50.5 Å². The van der Waals surface area contributed by atoms with Gasteiger partial charge in [-0.3, -0.25) is 9.59 Å². The van der Waals surface area contributed by atoms with Gasteiger partial charge in [-0.25, -0.2) is 9.97 Å². The first-order chi connectivity index (χ1) is 14.0. The molecule has 29 heavy (non-hydrogen) atoms. The van der Waals surface area contributed by atoms with Crippen molar-refractivity contribution in [2.75, 3.05) is 18.4 Å². The number of nitrogens with one attached hydrogen (secondary N) is 1. The third kappa shape index (κ3) is 4.37. The van der Waals surface area contributed by atoms with E-state index in [2.05, 4.69) is 15.3 Å². The first-order valence-corrected chi connectivity index (χ1v) is 10.4. The van der Waals surface area contributed by atoms with Crippen LogP contribution in [-0.4, -0.2) is 39.8 Å². The topological polar surface area (TPSA) is 88.3 Å². The highest BCUT2D eigenvalue weighted by atomic mass is 32.1. The Bertz CT molecular complexity index is 1020. The fourth-order valence-corrected chi connectivity index (χ4v) is 4.10. The molecule has 1 unspecified atom stereocenters. The molecule has 150 valence electrons. The Morgan fingerprint density at radius 3 is 2.83 bits per heavy atom. The number of furan rings is 1. The SMILES string of the molecule is Cc1ccc(NC(=O)C2CCCN(C(=O)c3csc(-c4ccc(C)o4)n3)C2)nc1. The second kappa shape index (κ2) is 8.16. The minimum atomic E-state index is -0.262. The lowest BCUT2D eigenvalue weighted by atomic mass is 9.97. The average Bonchev–Trinajstić information content (AvgIpc) is 3.38. The second-order valence-electron chi connectivity index (χ2n) is 7.25. The van der Waals surface area contributed by atoms with Gasteiger partial charge in [-0.15, -0.1) is 11.3 Å². The van der Waals surface area contributed by atoms with E-state index in [0.717, 1.165) is 24.2 Å². The van der Waals surface area contributed by atoms with Crippen molar-refractivity contribution in [3.63, 3.8) is 0 Å². The summed E-state index contributed by atoms with van der Waals surface area (Å²) in [6.07, 6.45) is 3.24. The lowest BCUT2D eigenvalue weighted by molar-refractivity contribution is -0.121. The van der Waals surface area contributed by atoms with Gasteiger partial charge in [0.15, 0.2) is 10.8 Å². The van der Waals surface area contributed by atoms with Crippen LogP contribution in [0.5, 0.6) is 0 Å². The number of hydrogen-bond acceptors (Lipinski definition) is 6. The normalized spacial score (nSPS) is 16.6. The highest BCUT2D eigenvalue weighted by Gasteiger charge is 2.30. The first kappa shape index (κ1) is 19.3. The van der Waals surface area contributed by atoms with Crippen LogP contribution in [-0.2, 0) is 4.79 Å². The van der Waals surface area contributed by atoms with Gasteiger partial charge >= 0.3 is 0 Å². The summed E-state index contributed by atoms with van der Waals surface area (Å²) in [6, 6.07) is 7.41. The number of likely N-dealkylation sites (tertiary alicyclic amines) is 1. The number of rotatable bonds is 4. The Labute approximate surface area is 172 Å². The van der Waals surface area contributed by atoms with Crippen LogP contribution in [0.2, 0.25) is 0 Å². The number of carbonyl (C=O) groups excluding carboxylic acids is 2. The molecule has 1 N–H and O–H groups in total. The summed E-state index contributed by atoms with van der Waals surface area (Å²) < 4.78 is 5.58. The Balaban J connectivity index is 1.41. The van der Waals surface area contributed by atoms with Crippen molar-refractivity contribution in [1.29, 1.82) is 0 Å². The Morgan fingerprint density at radius 2 is 2.10 bits per heavy atom. The highest BCUT2D eigenvalue weighted by molar-refractivity contribution is 7.13. The zero-order valence-corrected chi connectivity index (χ0v) is 17.2. The lowest BCUT2D eigenvalue weighted by Crippen LogP contribution is -2.44. The number of carbonyl (C=O) groups is 2. The third-order valence-corrected chi connectivity index (χ3v) is 5.77. The van der Waals surface area contributed by atoms with Gasteiger partial charge < -0.3 is 14.6 Å². The maximum absolute atomic E-state index is 12.9. The summed E-state index contributed by atoms with van der Waals surface area (Å²) in [5.41, 5.74) is 1.42. The van der Waals surface area contributed by atoms with E-state index in [-0.39, 0.29) is 17.7 Å². The molecule has 3 aromatic rings. The van der Waals surface area contributed by atoms with Crippen LogP contribution < -0.4 is 5.32 Å². The van der Waals surface area contributed by atoms with Gasteiger partial charge in [-0.2, -0.15) is 0 Å². The van der Waals surface area contributed by atoms with E-state index in [1.54, 1.807) is 22.5 Å². The molecule has 4 rings (SSSR count). The smallest absolute Gasteiger partial charge is 0.273 e. The molecule has 0 bridgehead atoms. The number of pyridine rings is 1. The van der Waals surface area contributed by atoms with Gasteiger partial charge in [0.1, 0.15) is 17.3 Å². The molecule has 0 aromatic carbocycles. The van der Waals surface area contributed by atoms with Crippen molar-refractivity contribution in [1.82, 2.24) is 14.9 Å². The van der Waals surface area contributed by atoms with Gasteiger partial charge in [0.25, 0.3) is 5.91 Å². The van der Waals surface area contributed by atoms with Crippen LogP contribution in [0.3, 0.4) is 0 Å².